The van der Waals surface area contributed by atoms with E-state index in [0.29, 0.717) is 23.7 Å². The molecule has 0 aliphatic carbocycles. The molecule has 2 aromatic carbocycles. The molecule has 1 amide bonds. The van der Waals surface area contributed by atoms with Gasteiger partial charge in [-0.25, -0.2) is 4.98 Å². The summed E-state index contributed by atoms with van der Waals surface area (Å²) in [5.41, 5.74) is 1.02. The molecule has 1 atom stereocenters. The van der Waals surface area contributed by atoms with Crippen molar-refractivity contribution >= 4 is 26.5 Å². The van der Waals surface area contributed by atoms with Crippen LogP contribution in [0.1, 0.15) is 58.6 Å². The van der Waals surface area contributed by atoms with Gasteiger partial charge >= 0.3 is 6.61 Å². The number of anilines is 1. The molecule has 2 aromatic heterocycles. The van der Waals surface area contributed by atoms with Crippen LogP contribution < -0.4 is 15.0 Å². The number of alkyl halides is 4. The minimum absolute atomic E-state index is 0.163. The van der Waals surface area contributed by atoms with Gasteiger partial charge in [0.1, 0.15) is 17.1 Å². The third-order valence-corrected chi connectivity index (χ3v) is 7.79. The number of carbonyl (C=O) groups excluding carboxylic acids is 1. The number of imidazole rings is 1. The largest absolute Gasteiger partial charge is 0.435 e. The van der Waals surface area contributed by atoms with E-state index in [2.05, 4.69) is 19.9 Å². The summed E-state index contributed by atoms with van der Waals surface area (Å²) in [5.74, 6) is 0.141. The standard InChI is InChI=1S/C30H31F4N4O2P/c1-2-25-27(38-18-22(30(33,34)41)7-12-26(38)36-25)28(39)35-17-19-3-8-23(9-4-19)37-15-13-21(14-16-37)20-5-10-24(11-6-20)40-29(31)32/h3-12,18,21,29H,2,13-17,41H2,1H3,(H,35,39). The lowest BCUT2D eigenvalue weighted by Gasteiger charge is -2.34. The molecule has 6 nitrogen and oxygen atoms in total. The molecule has 11 heteroatoms. The van der Waals surface area contributed by atoms with E-state index < -0.39 is 12.3 Å². The molecule has 216 valence electrons. The maximum atomic E-state index is 13.9. The molecule has 0 radical (unpaired) electrons. The molecule has 0 saturated carbocycles. The van der Waals surface area contributed by atoms with Crippen LogP contribution in [0.3, 0.4) is 0 Å². The number of nitrogens with zero attached hydrogens (tertiary/aromatic N) is 3. The van der Waals surface area contributed by atoms with E-state index in [4.69, 9.17) is 0 Å². The Morgan fingerprint density at radius 2 is 1.76 bits per heavy atom. The first-order valence-corrected chi connectivity index (χ1v) is 14.0. The molecule has 1 fully saturated rings. The molecule has 1 saturated heterocycles. The number of benzene rings is 2. The second kappa shape index (κ2) is 12.1. The van der Waals surface area contributed by atoms with Crippen molar-refractivity contribution in [2.75, 3.05) is 18.0 Å². The Kier molecular flexibility index (Phi) is 8.50. The number of hydrogen-bond acceptors (Lipinski definition) is 4. The summed E-state index contributed by atoms with van der Waals surface area (Å²) in [6, 6.07) is 17.7. The molecule has 1 aliphatic heterocycles. The summed E-state index contributed by atoms with van der Waals surface area (Å²) < 4.78 is 58.4. The van der Waals surface area contributed by atoms with E-state index >= 15 is 0 Å². The van der Waals surface area contributed by atoms with E-state index in [1.165, 1.54) is 32.0 Å². The van der Waals surface area contributed by atoms with E-state index in [1.54, 1.807) is 12.1 Å². The highest BCUT2D eigenvalue weighted by atomic mass is 31.0. The summed E-state index contributed by atoms with van der Waals surface area (Å²) in [7, 11) is 1.52. The van der Waals surface area contributed by atoms with Gasteiger partial charge in [-0.15, -0.1) is 0 Å². The quantitative estimate of drug-likeness (QED) is 0.175. The number of piperidine rings is 1. The van der Waals surface area contributed by atoms with Crippen molar-refractivity contribution in [3.05, 3.63) is 94.9 Å². The Morgan fingerprint density at radius 3 is 2.37 bits per heavy atom. The first kappa shape index (κ1) is 28.9. The Labute approximate surface area is 237 Å². The van der Waals surface area contributed by atoms with Gasteiger partial charge in [-0.3, -0.25) is 9.20 Å². The topological polar surface area (TPSA) is 58.9 Å². The molecule has 1 unspecified atom stereocenters. The van der Waals surface area contributed by atoms with E-state index in [1.807, 2.05) is 43.3 Å². The Hall–Kier alpha value is -3.65. The fourth-order valence-corrected chi connectivity index (χ4v) is 5.43. The number of rotatable bonds is 9. The van der Waals surface area contributed by atoms with E-state index in [0.717, 1.165) is 42.7 Å². The fourth-order valence-electron chi connectivity index (χ4n) is 5.26. The number of pyridine rings is 1. The lowest BCUT2D eigenvalue weighted by atomic mass is 9.89. The first-order chi connectivity index (χ1) is 19.6. The number of halogens is 4. The average Bonchev–Trinajstić information content (AvgIpc) is 3.34. The SMILES string of the molecule is CCc1nc2ccc(C(F)(F)P)cn2c1C(=O)NCc1ccc(N2CCC(c3ccc(OC(F)F)cc3)CC2)cc1. The smallest absolute Gasteiger partial charge is 0.387 e. The Bertz CT molecular complexity index is 1500. The third kappa shape index (κ3) is 6.64. The summed E-state index contributed by atoms with van der Waals surface area (Å²) >= 11 is 0. The molecule has 1 N–H and O–H groups in total. The Morgan fingerprint density at radius 1 is 1.07 bits per heavy atom. The van der Waals surface area contributed by atoms with Gasteiger partial charge < -0.3 is 15.0 Å². The maximum absolute atomic E-state index is 13.9. The fraction of sp³-hybridized carbons (Fsp3) is 0.333. The van der Waals surface area contributed by atoms with Crippen LogP contribution in [-0.4, -0.2) is 35.0 Å². The van der Waals surface area contributed by atoms with Gasteiger partial charge in [0.25, 0.3) is 11.6 Å². The van der Waals surface area contributed by atoms with Crippen molar-refractivity contribution in [3.63, 3.8) is 0 Å². The van der Waals surface area contributed by atoms with Crippen molar-refractivity contribution in [1.82, 2.24) is 14.7 Å². The number of carbonyl (C=O) groups is 1. The highest BCUT2D eigenvalue weighted by Crippen LogP contribution is 2.35. The van der Waals surface area contributed by atoms with Crippen molar-refractivity contribution in [1.29, 1.82) is 0 Å². The van der Waals surface area contributed by atoms with Crippen LogP contribution in [-0.2, 0) is 18.6 Å². The van der Waals surface area contributed by atoms with E-state index in [9.17, 15) is 22.4 Å². The van der Waals surface area contributed by atoms with Crippen LogP contribution in [0.5, 0.6) is 5.75 Å². The molecule has 4 aromatic rings. The molecule has 0 bridgehead atoms. The highest BCUT2D eigenvalue weighted by Gasteiger charge is 2.27. The molecule has 5 rings (SSSR count). The predicted octanol–water partition coefficient (Wildman–Crippen LogP) is 6.74. The van der Waals surface area contributed by atoms with Crippen molar-refractivity contribution in [3.8, 4) is 5.75 Å². The zero-order valence-electron chi connectivity index (χ0n) is 22.5. The molecule has 1 aliphatic rings. The number of hydrogen-bond donors (Lipinski definition) is 1. The van der Waals surface area contributed by atoms with Crippen LogP contribution in [0.2, 0.25) is 0 Å². The van der Waals surface area contributed by atoms with Crippen molar-refractivity contribution in [2.24, 2.45) is 0 Å². The molecular formula is C30H31F4N4O2P. The highest BCUT2D eigenvalue weighted by molar-refractivity contribution is 7.17. The molecule has 0 spiro atoms. The monoisotopic (exact) mass is 586 g/mol. The minimum atomic E-state index is -3.12. The van der Waals surface area contributed by atoms with Gasteiger partial charge in [0, 0.05) is 37.1 Å². The van der Waals surface area contributed by atoms with Crippen LogP contribution >= 0.6 is 9.24 Å². The van der Waals surface area contributed by atoms with Gasteiger partial charge in [0.2, 0.25) is 0 Å². The maximum Gasteiger partial charge on any atom is 0.387 e. The lowest BCUT2D eigenvalue weighted by molar-refractivity contribution is -0.0498. The van der Waals surface area contributed by atoms with Gasteiger partial charge in [0.15, 0.2) is 0 Å². The molecular weight excluding hydrogens is 555 g/mol. The zero-order chi connectivity index (χ0) is 29.1. The molecule has 3 heterocycles. The summed E-state index contributed by atoms with van der Waals surface area (Å²) in [4.78, 5) is 19.9. The van der Waals surface area contributed by atoms with Crippen LogP contribution in [0.15, 0.2) is 66.9 Å². The molecule has 41 heavy (non-hydrogen) atoms. The van der Waals surface area contributed by atoms with Crippen LogP contribution in [0.4, 0.5) is 23.2 Å². The number of aromatic nitrogens is 2. The number of nitrogens with one attached hydrogen (secondary N) is 1. The normalized spacial score (nSPS) is 14.6. The predicted molar refractivity (Wildman–Crippen MR) is 153 cm³/mol. The number of aryl methyl sites for hydroxylation is 1. The summed E-state index contributed by atoms with van der Waals surface area (Å²) in [6.45, 7) is 1.04. The zero-order valence-corrected chi connectivity index (χ0v) is 23.7. The third-order valence-electron chi connectivity index (χ3n) is 7.45. The second-order valence-electron chi connectivity index (χ2n) is 10.1. The Balaban J connectivity index is 1.19. The van der Waals surface area contributed by atoms with Gasteiger partial charge in [0.05, 0.1) is 5.69 Å². The van der Waals surface area contributed by atoms with Crippen molar-refractivity contribution < 1.29 is 27.1 Å². The van der Waals surface area contributed by atoms with Gasteiger partial charge in [-0.1, -0.05) is 40.4 Å². The number of amides is 1. The first-order valence-electron chi connectivity index (χ1n) is 13.5. The number of ether oxygens (including phenoxy) is 1. The number of fused-ring (bicyclic) bond motifs is 1. The minimum Gasteiger partial charge on any atom is -0.435 e. The second-order valence-corrected chi connectivity index (χ2v) is 10.8. The average molecular weight is 587 g/mol. The van der Waals surface area contributed by atoms with Crippen molar-refractivity contribution in [2.45, 2.75) is 50.9 Å². The summed E-state index contributed by atoms with van der Waals surface area (Å²) in [5, 5.41) is 2.91. The van der Waals surface area contributed by atoms with E-state index in [-0.39, 0.29) is 29.5 Å². The lowest BCUT2D eigenvalue weighted by Crippen LogP contribution is -2.32. The van der Waals surface area contributed by atoms with Gasteiger partial charge in [-0.2, -0.15) is 17.6 Å². The summed E-state index contributed by atoms with van der Waals surface area (Å²) in [6.07, 6.45) is 3.63. The van der Waals surface area contributed by atoms with Crippen LogP contribution in [0, 0.1) is 0 Å². The van der Waals surface area contributed by atoms with Gasteiger partial charge in [-0.05, 0) is 72.7 Å². The van der Waals surface area contributed by atoms with Crippen LogP contribution in [0.25, 0.3) is 5.65 Å².